The molecular weight excluding hydrogens is 681 g/mol. The smallest absolute Gasteiger partial charge is 0.399 e. The van der Waals surface area contributed by atoms with Crippen molar-refractivity contribution in [3.8, 4) is 33.4 Å². The molecule has 2 heterocycles. The Morgan fingerprint density at radius 2 is 0.811 bits per heavy atom. The number of nitrogens with zero attached hydrogens (tertiary/aromatic N) is 2. The number of anilines is 4. The second-order valence-corrected chi connectivity index (χ2v) is 12.9. The number of halogens is 3. The Morgan fingerprint density at radius 3 is 1.25 bits per heavy atom. The molecule has 0 saturated carbocycles. The summed E-state index contributed by atoms with van der Waals surface area (Å²) in [6, 6.07) is 31.2. The van der Waals surface area contributed by atoms with Gasteiger partial charge in [0.15, 0.2) is 0 Å². The molecule has 0 aromatic heterocycles. The first-order chi connectivity index (χ1) is 25.3. The lowest BCUT2D eigenvalue weighted by Gasteiger charge is -2.21. The van der Waals surface area contributed by atoms with Crippen LogP contribution in [-0.4, -0.2) is 23.6 Å². The quantitative estimate of drug-likeness (QED) is 0.136. The minimum Gasteiger partial charge on any atom is -0.399 e. The van der Waals surface area contributed by atoms with Crippen LogP contribution in [0.4, 0.5) is 35.9 Å². The highest BCUT2D eigenvalue weighted by atomic mass is 19.4. The maximum Gasteiger partial charge on any atom is 0.417 e. The molecule has 260 valence electrons. The molecule has 0 bridgehead atoms. The van der Waals surface area contributed by atoms with Crippen LogP contribution < -0.4 is 21.3 Å². The fourth-order valence-corrected chi connectivity index (χ4v) is 6.89. The molecule has 0 spiro atoms. The largest absolute Gasteiger partial charge is 0.417 e. The zero-order valence-electron chi connectivity index (χ0n) is 27.9. The minimum absolute atomic E-state index is 0.0722. The van der Waals surface area contributed by atoms with Gasteiger partial charge in [0.25, 0.3) is 23.6 Å². The third-order valence-corrected chi connectivity index (χ3v) is 9.59. The number of hydrogen-bond donors (Lipinski definition) is 2. The third kappa shape index (κ3) is 5.50. The summed E-state index contributed by atoms with van der Waals surface area (Å²) in [6.45, 7) is 1.58. The van der Waals surface area contributed by atoms with Crippen LogP contribution >= 0.6 is 0 Å². The van der Waals surface area contributed by atoms with E-state index in [1.165, 1.54) is 42.5 Å². The predicted molar refractivity (Wildman–Crippen MR) is 196 cm³/mol. The summed E-state index contributed by atoms with van der Waals surface area (Å²) in [5.41, 5.74) is 15.4. The van der Waals surface area contributed by atoms with E-state index in [2.05, 4.69) is 0 Å². The Kier molecular flexibility index (Phi) is 7.54. The maximum atomic E-state index is 14.7. The average molecular weight is 709 g/mol. The van der Waals surface area contributed by atoms with Crippen LogP contribution in [0.5, 0.6) is 0 Å². The van der Waals surface area contributed by atoms with E-state index in [-0.39, 0.29) is 44.8 Å². The van der Waals surface area contributed by atoms with Crippen LogP contribution in [0.2, 0.25) is 0 Å². The van der Waals surface area contributed by atoms with Crippen LogP contribution in [0.15, 0.2) is 121 Å². The number of rotatable bonds is 5. The van der Waals surface area contributed by atoms with Crippen molar-refractivity contribution < 1.29 is 32.3 Å². The Hall–Kier alpha value is -7.01. The number of nitrogen functional groups attached to an aromatic ring is 2. The molecule has 8 rings (SSSR count). The molecule has 2 aliphatic heterocycles. The molecule has 4 N–H and O–H groups in total. The molecule has 0 radical (unpaired) electrons. The van der Waals surface area contributed by atoms with Crippen molar-refractivity contribution in [2.45, 2.75) is 13.1 Å². The number of hydrogen-bond acceptors (Lipinski definition) is 6. The van der Waals surface area contributed by atoms with E-state index in [0.29, 0.717) is 28.1 Å². The molecule has 0 saturated heterocycles. The van der Waals surface area contributed by atoms with Crippen LogP contribution in [-0.2, 0) is 6.18 Å². The van der Waals surface area contributed by atoms with E-state index < -0.39 is 35.4 Å². The molecule has 11 heteroatoms. The van der Waals surface area contributed by atoms with Crippen LogP contribution in [0.1, 0.15) is 52.6 Å². The number of amides is 4. The molecule has 0 fully saturated rings. The standard InChI is InChI=1S/C42H27F3N4O4/c1-22-18-29(48-38(50)33-14-6-25(19-35(33)40(48)52)23-2-8-27(46)9-3-23)12-16-31(22)32-17-13-30(21-37(32)42(43,44)45)49-39(51)34-15-7-26(20-36(34)41(49)53)24-4-10-28(47)11-5-24/h2-21H,46-47H2,1H3. The van der Waals surface area contributed by atoms with Gasteiger partial charge in [-0.25, -0.2) is 9.80 Å². The van der Waals surface area contributed by atoms with Crippen LogP contribution in [0, 0.1) is 6.92 Å². The molecule has 6 aromatic carbocycles. The van der Waals surface area contributed by atoms with E-state index in [4.69, 9.17) is 11.5 Å². The fraction of sp³-hybridized carbons (Fsp3) is 0.0476. The van der Waals surface area contributed by atoms with E-state index in [0.717, 1.165) is 27.0 Å². The van der Waals surface area contributed by atoms with Gasteiger partial charge in [0.2, 0.25) is 0 Å². The summed E-state index contributed by atoms with van der Waals surface area (Å²) >= 11 is 0. The molecule has 0 aliphatic carbocycles. The normalized spacial score (nSPS) is 13.9. The van der Waals surface area contributed by atoms with Gasteiger partial charge < -0.3 is 11.5 Å². The molecule has 53 heavy (non-hydrogen) atoms. The molecule has 6 aromatic rings. The molecule has 8 nitrogen and oxygen atoms in total. The highest BCUT2D eigenvalue weighted by Crippen LogP contribution is 2.43. The van der Waals surface area contributed by atoms with Crippen molar-refractivity contribution in [1.82, 2.24) is 0 Å². The van der Waals surface area contributed by atoms with Crippen molar-refractivity contribution in [2.24, 2.45) is 0 Å². The molecular formula is C42H27F3N4O4. The first kappa shape index (κ1) is 33.2. The van der Waals surface area contributed by atoms with Crippen molar-refractivity contribution in [2.75, 3.05) is 21.3 Å². The maximum absolute atomic E-state index is 14.7. The molecule has 0 atom stereocenters. The lowest BCUT2D eigenvalue weighted by atomic mass is 9.94. The number of benzene rings is 6. The van der Waals surface area contributed by atoms with Crippen LogP contribution in [0.3, 0.4) is 0 Å². The first-order valence-corrected chi connectivity index (χ1v) is 16.4. The number of imide groups is 2. The number of carbonyl (C=O) groups is 4. The Labute approximate surface area is 300 Å². The number of aryl methyl sites for hydroxylation is 1. The molecule has 2 aliphatic rings. The monoisotopic (exact) mass is 708 g/mol. The predicted octanol–water partition coefficient (Wildman–Crippen LogP) is 8.78. The van der Waals surface area contributed by atoms with Crippen molar-refractivity contribution in [3.05, 3.63) is 155 Å². The SMILES string of the molecule is Cc1cc(N2C(=O)c3ccc(-c4ccc(N)cc4)cc3C2=O)ccc1-c1ccc(N2C(=O)c3ccc(-c4ccc(N)cc4)cc3C2=O)cc1C(F)(F)F. The molecule has 0 unspecified atom stereocenters. The highest BCUT2D eigenvalue weighted by Gasteiger charge is 2.41. The van der Waals surface area contributed by atoms with Gasteiger partial charge in [-0.1, -0.05) is 48.5 Å². The zero-order chi connectivity index (χ0) is 37.3. The van der Waals surface area contributed by atoms with E-state index >= 15 is 0 Å². The minimum atomic E-state index is -4.87. The number of nitrogens with two attached hydrogens (primary N) is 2. The van der Waals surface area contributed by atoms with Gasteiger partial charge in [0, 0.05) is 11.4 Å². The van der Waals surface area contributed by atoms with E-state index in [9.17, 15) is 32.3 Å². The number of carbonyl (C=O) groups excluding carboxylic acids is 4. The van der Waals surface area contributed by atoms with Gasteiger partial charge in [0.05, 0.1) is 39.2 Å². The second-order valence-electron chi connectivity index (χ2n) is 12.9. The van der Waals surface area contributed by atoms with Gasteiger partial charge in [-0.3, -0.25) is 19.2 Å². The Bertz CT molecular complexity index is 2560. The first-order valence-electron chi connectivity index (χ1n) is 16.4. The third-order valence-electron chi connectivity index (χ3n) is 9.59. The van der Waals surface area contributed by atoms with Crippen molar-refractivity contribution in [1.29, 1.82) is 0 Å². The summed E-state index contributed by atoms with van der Waals surface area (Å²) in [4.78, 5) is 55.7. The summed E-state index contributed by atoms with van der Waals surface area (Å²) in [7, 11) is 0. The van der Waals surface area contributed by atoms with Gasteiger partial charge in [-0.2, -0.15) is 13.2 Å². The topological polar surface area (TPSA) is 127 Å². The summed E-state index contributed by atoms with van der Waals surface area (Å²) in [5.74, 6) is -2.60. The van der Waals surface area contributed by atoms with Gasteiger partial charge in [-0.15, -0.1) is 0 Å². The van der Waals surface area contributed by atoms with E-state index in [1.54, 1.807) is 79.7 Å². The lowest BCUT2D eigenvalue weighted by molar-refractivity contribution is -0.137. The molecule has 4 amide bonds. The fourth-order valence-electron chi connectivity index (χ4n) is 6.89. The second kappa shape index (κ2) is 12.1. The lowest BCUT2D eigenvalue weighted by Crippen LogP contribution is -2.29. The van der Waals surface area contributed by atoms with Crippen molar-refractivity contribution in [3.63, 3.8) is 0 Å². The van der Waals surface area contributed by atoms with Crippen LogP contribution in [0.25, 0.3) is 33.4 Å². The van der Waals surface area contributed by atoms with Gasteiger partial charge >= 0.3 is 6.18 Å². The zero-order valence-corrected chi connectivity index (χ0v) is 27.9. The Morgan fingerprint density at radius 1 is 0.434 bits per heavy atom. The van der Waals surface area contributed by atoms with E-state index in [1.807, 2.05) is 0 Å². The highest BCUT2D eigenvalue weighted by molar-refractivity contribution is 6.35. The van der Waals surface area contributed by atoms with Gasteiger partial charge in [0.1, 0.15) is 0 Å². The summed E-state index contributed by atoms with van der Waals surface area (Å²) < 4.78 is 44.1. The number of alkyl halides is 3. The summed E-state index contributed by atoms with van der Waals surface area (Å²) in [5, 5.41) is 0. The van der Waals surface area contributed by atoms with Gasteiger partial charge in [-0.05, 0) is 119 Å². The summed E-state index contributed by atoms with van der Waals surface area (Å²) in [6.07, 6.45) is -4.87. The van der Waals surface area contributed by atoms with Crippen molar-refractivity contribution >= 4 is 46.4 Å². The Balaban J connectivity index is 1.10. The number of fused-ring (bicyclic) bond motifs is 2. The average Bonchev–Trinajstić information content (AvgIpc) is 3.54.